The molecule has 23 heavy (non-hydrogen) atoms. The Morgan fingerprint density at radius 2 is 1.57 bits per heavy atom. The van der Waals surface area contributed by atoms with Crippen LogP contribution in [0.4, 0.5) is 0 Å². The molecule has 0 bridgehead atoms. The molecule has 0 fully saturated rings. The van der Waals surface area contributed by atoms with Crippen molar-refractivity contribution in [2.24, 2.45) is 0 Å². The summed E-state index contributed by atoms with van der Waals surface area (Å²) < 4.78 is 0. The van der Waals surface area contributed by atoms with E-state index in [9.17, 15) is 10.1 Å². The maximum Gasteiger partial charge on any atom is 0.307 e. The Bertz CT molecular complexity index is 905. The Hall–Kier alpha value is -3.12. The van der Waals surface area contributed by atoms with Crippen molar-refractivity contribution in [3.05, 3.63) is 82.9 Å². The van der Waals surface area contributed by atoms with Gasteiger partial charge in [-0.15, -0.1) is 0 Å². The van der Waals surface area contributed by atoms with E-state index in [4.69, 9.17) is 5.11 Å². The molecule has 0 aliphatic carbocycles. The third kappa shape index (κ3) is 3.22. The van der Waals surface area contributed by atoms with Crippen molar-refractivity contribution in [1.29, 1.82) is 5.26 Å². The van der Waals surface area contributed by atoms with Crippen LogP contribution in [-0.4, -0.2) is 11.1 Å². The van der Waals surface area contributed by atoms with Crippen LogP contribution < -0.4 is 0 Å². The number of rotatable bonds is 4. The summed E-state index contributed by atoms with van der Waals surface area (Å²) in [6.45, 7) is 0. The van der Waals surface area contributed by atoms with Gasteiger partial charge in [-0.25, -0.2) is 0 Å². The fourth-order valence-electron chi connectivity index (χ4n) is 2.78. The van der Waals surface area contributed by atoms with Gasteiger partial charge < -0.3 is 5.11 Å². The first-order valence-electron chi connectivity index (χ1n) is 7.37. The third-order valence-electron chi connectivity index (χ3n) is 3.91. The van der Waals surface area contributed by atoms with Crippen LogP contribution in [0.25, 0.3) is 10.8 Å². The first-order chi connectivity index (χ1) is 11.2. The van der Waals surface area contributed by atoms with E-state index in [0.29, 0.717) is 5.56 Å². The number of carbonyl (C=O) groups is 1. The molecule has 0 aliphatic rings. The summed E-state index contributed by atoms with van der Waals surface area (Å²) >= 11 is 0. The van der Waals surface area contributed by atoms with Gasteiger partial charge in [-0.05, 0) is 39.9 Å². The molecule has 3 rings (SSSR count). The van der Waals surface area contributed by atoms with Gasteiger partial charge in [-0.2, -0.15) is 5.26 Å². The van der Waals surface area contributed by atoms with Crippen molar-refractivity contribution >= 4 is 16.7 Å². The van der Waals surface area contributed by atoms with E-state index >= 15 is 0 Å². The Balaban J connectivity index is 1.93. The molecule has 3 aromatic rings. The standard InChI is InChI=1S/C20H15NO2/c21-13-17-10-9-16(18-3-1-2-4-19(17)18)11-14-5-7-15(8-6-14)12-20(22)23/h1-10H,11-12H2,(H,22,23). The molecule has 0 atom stereocenters. The summed E-state index contributed by atoms with van der Waals surface area (Å²) in [5.41, 5.74) is 3.76. The molecular weight excluding hydrogens is 286 g/mol. The highest BCUT2D eigenvalue weighted by Gasteiger charge is 2.07. The zero-order valence-corrected chi connectivity index (χ0v) is 12.5. The van der Waals surface area contributed by atoms with Gasteiger partial charge in [0.05, 0.1) is 18.1 Å². The second-order valence-corrected chi connectivity index (χ2v) is 5.49. The van der Waals surface area contributed by atoms with E-state index in [0.717, 1.165) is 33.9 Å². The highest BCUT2D eigenvalue weighted by Crippen LogP contribution is 2.24. The van der Waals surface area contributed by atoms with Crippen molar-refractivity contribution < 1.29 is 9.90 Å². The Morgan fingerprint density at radius 1 is 0.913 bits per heavy atom. The minimum atomic E-state index is -0.823. The van der Waals surface area contributed by atoms with Crippen LogP contribution in [0.2, 0.25) is 0 Å². The second-order valence-electron chi connectivity index (χ2n) is 5.49. The number of carboxylic acid groups (broad SMARTS) is 1. The summed E-state index contributed by atoms with van der Waals surface area (Å²) in [5, 5.41) is 20.1. The van der Waals surface area contributed by atoms with Gasteiger partial charge in [0.2, 0.25) is 0 Å². The van der Waals surface area contributed by atoms with E-state index < -0.39 is 5.97 Å². The lowest BCUT2D eigenvalue weighted by molar-refractivity contribution is -0.136. The van der Waals surface area contributed by atoms with Crippen molar-refractivity contribution in [2.75, 3.05) is 0 Å². The molecule has 0 unspecified atom stereocenters. The molecule has 3 aromatic carbocycles. The number of fused-ring (bicyclic) bond motifs is 1. The van der Waals surface area contributed by atoms with Gasteiger partial charge in [0, 0.05) is 0 Å². The quantitative estimate of drug-likeness (QED) is 0.794. The predicted molar refractivity (Wildman–Crippen MR) is 89.3 cm³/mol. The maximum atomic E-state index is 10.7. The molecule has 0 spiro atoms. The molecule has 0 heterocycles. The molecule has 0 saturated heterocycles. The number of hydrogen-bond donors (Lipinski definition) is 1. The molecule has 1 N–H and O–H groups in total. The topological polar surface area (TPSA) is 61.1 Å². The van der Waals surface area contributed by atoms with E-state index in [2.05, 4.69) is 6.07 Å². The monoisotopic (exact) mass is 301 g/mol. The molecule has 0 saturated carbocycles. The van der Waals surface area contributed by atoms with Crippen LogP contribution in [0, 0.1) is 11.3 Å². The molecule has 0 amide bonds. The molecule has 3 heteroatoms. The number of aliphatic carboxylic acids is 1. The molecule has 0 aromatic heterocycles. The smallest absolute Gasteiger partial charge is 0.307 e. The summed E-state index contributed by atoms with van der Waals surface area (Å²) in [6.07, 6.45) is 0.791. The van der Waals surface area contributed by atoms with Crippen LogP contribution in [-0.2, 0) is 17.6 Å². The SMILES string of the molecule is N#Cc1ccc(Cc2ccc(CC(=O)O)cc2)c2ccccc12. The Kier molecular flexibility index (Phi) is 4.07. The van der Waals surface area contributed by atoms with Crippen molar-refractivity contribution in [3.8, 4) is 6.07 Å². The van der Waals surface area contributed by atoms with Gasteiger partial charge in [0.25, 0.3) is 0 Å². The fourth-order valence-corrected chi connectivity index (χ4v) is 2.78. The molecular formula is C20H15NO2. The predicted octanol–water partition coefficient (Wildman–Crippen LogP) is 3.93. The Morgan fingerprint density at radius 3 is 2.22 bits per heavy atom. The number of hydrogen-bond acceptors (Lipinski definition) is 2. The second kappa shape index (κ2) is 6.33. The molecule has 0 aliphatic heterocycles. The minimum absolute atomic E-state index is 0.0417. The van der Waals surface area contributed by atoms with Crippen LogP contribution in [0.15, 0.2) is 60.7 Å². The average Bonchev–Trinajstić information content (AvgIpc) is 2.56. The zero-order chi connectivity index (χ0) is 16.2. The molecule has 112 valence electrons. The van der Waals surface area contributed by atoms with Crippen LogP contribution in [0.1, 0.15) is 22.3 Å². The lowest BCUT2D eigenvalue weighted by atomic mass is 9.95. The zero-order valence-electron chi connectivity index (χ0n) is 12.5. The fraction of sp³-hybridized carbons (Fsp3) is 0.100. The molecule has 0 radical (unpaired) electrons. The van der Waals surface area contributed by atoms with Crippen LogP contribution in [0.3, 0.4) is 0 Å². The number of nitrogens with zero attached hydrogens (tertiary/aromatic N) is 1. The maximum absolute atomic E-state index is 10.7. The lowest BCUT2D eigenvalue weighted by Crippen LogP contribution is -2.00. The van der Waals surface area contributed by atoms with Gasteiger partial charge in [0.15, 0.2) is 0 Å². The lowest BCUT2D eigenvalue weighted by Gasteiger charge is -2.09. The van der Waals surface area contributed by atoms with Crippen molar-refractivity contribution in [2.45, 2.75) is 12.8 Å². The number of benzene rings is 3. The van der Waals surface area contributed by atoms with Gasteiger partial charge in [-0.3, -0.25) is 4.79 Å². The first-order valence-corrected chi connectivity index (χ1v) is 7.37. The summed E-state index contributed by atoms with van der Waals surface area (Å²) in [4.78, 5) is 10.7. The minimum Gasteiger partial charge on any atom is -0.481 e. The highest BCUT2D eigenvalue weighted by atomic mass is 16.4. The van der Waals surface area contributed by atoms with E-state index in [1.54, 1.807) is 0 Å². The summed E-state index contributed by atoms with van der Waals surface area (Å²) in [6, 6.07) is 21.6. The van der Waals surface area contributed by atoms with Crippen molar-refractivity contribution in [3.63, 3.8) is 0 Å². The summed E-state index contributed by atoms with van der Waals surface area (Å²) in [7, 11) is 0. The number of carboxylic acids is 1. The average molecular weight is 301 g/mol. The van der Waals surface area contributed by atoms with Gasteiger partial charge in [0.1, 0.15) is 0 Å². The third-order valence-corrected chi connectivity index (χ3v) is 3.91. The van der Waals surface area contributed by atoms with Crippen molar-refractivity contribution in [1.82, 2.24) is 0 Å². The van der Waals surface area contributed by atoms with Gasteiger partial charge >= 0.3 is 5.97 Å². The van der Waals surface area contributed by atoms with E-state index in [-0.39, 0.29) is 6.42 Å². The first kappa shape index (κ1) is 14.8. The normalized spacial score (nSPS) is 10.4. The Labute approximate surface area is 134 Å². The van der Waals surface area contributed by atoms with Crippen LogP contribution >= 0.6 is 0 Å². The van der Waals surface area contributed by atoms with Crippen LogP contribution in [0.5, 0.6) is 0 Å². The van der Waals surface area contributed by atoms with Gasteiger partial charge in [-0.1, -0.05) is 54.6 Å². The molecule has 3 nitrogen and oxygen atoms in total. The van der Waals surface area contributed by atoms with E-state index in [1.807, 2.05) is 60.7 Å². The summed E-state index contributed by atoms with van der Waals surface area (Å²) in [5.74, 6) is -0.823. The largest absolute Gasteiger partial charge is 0.481 e. The highest BCUT2D eigenvalue weighted by molar-refractivity contribution is 5.90. The van der Waals surface area contributed by atoms with E-state index in [1.165, 1.54) is 0 Å². The number of nitriles is 1.